The third-order valence-corrected chi connectivity index (χ3v) is 4.53. The summed E-state index contributed by atoms with van der Waals surface area (Å²) in [7, 11) is 0. The van der Waals surface area contributed by atoms with Crippen LogP contribution >= 0.6 is 0 Å². The van der Waals surface area contributed by atoms with Gasteiger partial charge in [0.1, 0.15) is 0 Å². The van der Waals surface area contributed by atoms with Gasteiger partial charge in [-0.05, 0) is 41.1 Å². The molecule has 0 unspecified atom stereocenters. The van der Waals surface area contributed by atoms with Crippen LogP contribution in [0.15, 0.2) is 53.6 Å². The summed E-state index contributed by atoms with van der Waals surface area (Å²) in [5.74, 6) is 0.550. The molecule has 0 spiro atoms. The van der Waals surface area contributed by atoms with Crippen molar-refractivity contribution in [2.75, 3.05) is 5.73 Å². The molecule has 4 rings (SSSR count). The molecule has 1 aromatic carbocycles. The molecule has 0 aliphatic rings. The summed E-state index contributed by atoms with van der Waals surface area (Å²) in [5, 5.41) is 13.7. The van der Waals surface area contributed by atoms with Crippen LogP contribution in [-0.2, 0) is 13.0 Å². The van der Waals surface area contributed by atoms with E-state index in [0.717, 1.165) is 29.8 Å². The average Bonchev–Trinajstić information content (AvgIpc) is 3.34. The molecule has 0 fully saturated rings. The van der Waals surface area contributed by atoms with E-state index < -0.39 is 0 Å². The van der Waals surface area contributed by atoms with Gasteiger partial charge in [0.2, 0.25) is 0 Å². The summed E-state index contributed by atoms with van der Waals surface area (Å²) in [6, 6.07) is 11.1. The second-order valence-corrected chi connectivity index (χ2v) is 6.46. The third kappa shape index (κ3) is 3.29. The molecular formula is C19H20N8O. The molecule has 0 amide bonds. The number of aromatic amines is 1. The van der Waals surface area contributed by atoms with E-state index >= 15 is 0 Å². The summed E-state index contributed by atoms with van der Waals surface area (Å²) in [5.41, 5.74) is 9.69. The number of hydrogen-bond acceptors (Lipinski definition) is 6. The second kappa shape index (κ2) is 7.47. The standard InChI is InChI=1S/C19H20N8O/c1-2-5-15-12-27(17-7-4-3-6-16(17)20)19(28)26(15)11-14-9-8-13(10-21-14)18-22-24-25-23-18/h3-4,6-10,12H,2,5,11,20H2,1H3,(H,22,23,24,25). The van der Waals surface area contributed by atoms with E-state index in [0.29, 0.717) is 23.7 Å². The number of aryl methyl sites for hydroxylation is 1. The maximum absolute atomic E-state index is 13.1. The van der Waals surface area contributed by atoms with Gasteiger partial charge in [-0.25, -0.2) is 9.89 Å². The number of nitrogens with two attached hydrogens (primary N) is 1. The Morgan fingerprint density at radius 1 is 1.18 bits per heavy atom. The number of rotatable bonds is 6. The highest BCUT2D eigenvalue weighted by Gasteiger charge is 2.14. The third-order valence-electron chi connectivity index (χ3n) is 4.53. The van der Waals surface area contributed by atoms with E-state index in [1.165, 1.54) is 0 Å². The Morgan fingerprint density at radius 3 is 2.71 bits per heavy atom. The van der Waals surface area contributed by atoms with Crippen LogP contribution in [0.3, 0.4) is 0 Å². The molecule has 0 aliphatic carbocycles. The number of H-pyrrole nitrogens is 1. The number of pyridine rings is 1. The van der Waals surface area contributed by atoms with Gasteiger partial charge in [-0.1, -0.05) is 25.5 Å². The first-order valence-electron chi connectivity index (χ1n) is 9.02. The molecule has 4 aromatic rings. The monoisotopic (exact) mass is 376 g/mol. The Labute approximate surface area is 160 Å². The van der Waals surface area contributed by atoms with Gasteiger partial charge in [-0.3, -0.25) is 14.1 Å². The molecule has 28 heavy (non-hydrogen) atoms. The summed E-state index contributed by atoms with van der Waals surface area (Å²) in [6.45, 7) is 2.46. The van der Waals surface area contributed by atoms with Crippen molar-refractivity contribution in [3.05, 3.63) is 70.7 Å². The van der Waals surface area contributed by atoms with Gasteiger partial charge in [-0.15, -0.1) is 5.10 Å². The van der Waals surface area contributed by atoms with Crippen LogP contribution in [0.4, 0.5) is 5.69 Å². The Balaban J connectivity index is 1.69. The van der Waals surface area contributed by atoms with Crippen molar-refractivity contribution in [3.63, 3.8) is 0 Å². The molecule has 0 saturated heterocycles. The van der Waals surface area contributed by atoms with Gasteiger partial charge >= 0.3 is 5.69 Å². The molecule has 9 heteroatoms. The Bertz CT molecular complexity index is 1130. The molecule has 3 aromatic heterocycles. The van der Waals surface area contributed by atoms with E-state index in [1.807, 2.05) is 36.5 Å². The fourth-order valence-electron chi connectivity index (χ4n) is 3.13. The van der Waals surface area contributed by atoms with Crippen LogP contribution in [0, 0.1) is 0 Å². The Kier molecular flexibility index (Phi) is 4.71. The minimum absolute atomic E-state index is 0.133. The van der Waals surface area contributed by atoms with Crippen molar-refractivity contribution in [3.8, 4) is 17.1 Å². The van der Waals surface area contributed by atoms with Crippen molar-refractivity contribution in [2.45, 2.75) is 26.3 Å². The molecular weight excluding hydrogens is 356 g/mol. The van der Waals surface area contributed by atoms with Crippen molar-refractivity contribution in [1.29, 1.82) is 0 Å². The van der Waals surface area contributed by atoms with E-state index in [1.54, 1.807) is 21.4 Å². The van der Waals surface area contributed by atoms with Crippen LogP contribution < -0.4 is 11.4 Å². The minimum Gasteiger partial charge on any atom is -0.397 e. The molecule has 3 heterocycles. The van der Waals surface area contributed by atoms with E-state index in [2.05, 4.69) is 32.5 Å². The number of benzene rings is 1. The minimum atomic E-state index is -0.133. The SMILES string of the molecule is CCCc1cn(-c2ccccc2N)c(=O)n1Cc1ccc(-c2nnn[nH]2)cn1. The molecule has 9 nitrogen and oxygen atoms in total. The van der Waals surface area contributed by atoms with Gasteiger partial charge in [0.15, 0.2) is 5.82 Å². The Hall–Kier alpha value is -3.75. The lowest BCUT2D eigenvalue weighted by Gasteiger charge is -2.07. The lowest BCUT2D eigenvalue weighted by atomic mass is 10.2. The van der Waals surface area contributed by atoms with Gasteiger partial charge in [-0.2, -0.15) is 0 Å². The predicted molar refractivity (Wildman–Crippen MR) is 105 cm³/mol. The zero-order valence-corrected chi connectivity index (χ0v) is 15.4. The van der Waals surface area contributed by atoms with Crippen LogP contribution in [0.1, 0.15) is 24.7 Å². The number of nitrogens with one attached hydrogen (secondary N) is 1. The van der Waals surface area contributed by atoms with Gasteiger partial charge in [0.25, 0.3) is 0 Å². The second-order valence-electron chi connectivity index (χ2n) is 6.46. The number of hydrogen-bond donors (Lipinski definition) is 2. The summed E-state index contributed by atoms with van der Waals surface area (Å²) in [4.78, 5) is 17.5. The summed E-state index contributed by atoms with van der Waals surface area (Å²) in [6.07, 6.45) is 5.27. The first-order chi connectivity index (χ1) is 13.7. The first-order valence-corrected chi connectivity index (χ1v) is 9.02. The normalized spacial score (nSPS) is 11.0. The van der Waals surface area contributed by atoms with Crippen LogP contribution in [0.5, 0.6) is 0 Å². The Morgan fingerprint density at radius 2 is 2.04 bits per heavy atom. The first kappa shape index (κ1) is 17.7. The molecule has 3 N–H and O–H groups in total. The largest absolute Gasteiger partial charge is 0.397 e. The lowest BCUT2D eigenvalue weighted by molar-refractivity contribution is 0.679. The fraction of sp³-hybridized carbons (Fsp3) is 0.211. The lowest BCUT2D eigenvalue weighted by Crippen LogP contribution is -2.25. The van der Waals surface area contributed by atoms with E-state index in [9.17, 15) is 4.79 Å². The average molecular weight is 376 g/mol. The van der Waals surface area contributed by atoms with Crippen molar-refractivity contribution in [2.24, 2.45) is 0 Å². The number of para-hydroxylation sites is 2. The molecule has 0 atom stereocenters. The summed E-state index contributed by atoms with van der Waals surface area (Å²) >= 11 is 0. The molecule has 0 saturated carbocycles. The number of imidazole rings is 1. The zero-order chi connectivity index (χ0) is 19.5. The summed E-state index contributed by atoms with van der Waals surface area (Å²) < 4.78 is 3.35. The zero-order valence-electron chi connectivity index (χ0n) is 15.4. The number of anilines is 1. The number of aromatic nitrogens is 7. The van der Waals surface area contributed by atoms with Crippen LogP contribution in [0.2, 0.25) is 0 Å². The topological polar surface area (TPSA) is 120 Å². The van der Waals surface area contributed by atoms with Crippen LogP contribution in [-0.4, -0.2) is 34.7 Å². The molecule has 0 aliphatic heterocycles. The smallest absolute Gasteiger partial charge is 0.333 e. The maximum Gasteiger partial charge on any atom is 0.333 e. The number of tetrazole rings is 1. The maximum atomic E-state index is 13.1. The van der Waals surface area contributed by atoms with Gasteiger partial charge in [0.05, 0.1) is 23.6 Å². The van der Waals surface area contributed by atoms with Crippen molar-refractivity contribution >= 4 is 5.69 Å². The molecule has 142 valence electrons. The highest BCUT2D eigenvalue weighted by Crippen LogP contribution is 2.17. The van der Waals surface area contributed by atoms with Crippen molar-refractivity contribution < 1.29 is 0 Å². The number of nitrogens with zero attached hydrogens (tertiary/aromatic N) is 6. The fourth-order valence-corrected chi connectivity index (χ4v) is 3.13. The highest BCUT2D eigenvalue weighted by atomic mass is 16.1. The molecule has 0 bridgehead atoms. The van der Waals surface area contributed by atoms with Crippen molar-refractivity contribution in [1.82, 2.24) is 34.7 Å². The van der Waals surface area contributed by atoms with E-state index in [-0.39, 0.29) is 5.69 Å². The van der Waals surface area contributed by atoms with Gasteiger partial charge < -0.3 is 5.73 Å². The highest BCUT2D eigenvalue weighted by molar-refractivity contribution is 5.57. The molecule has 0 radical (unpaired) electrons. The van der Waals surface area contributed by atoms with Crippen LogP contribution in [0.25, 0.3) is 17.1 Å². The van der Waals surface area contributed by atoms with Gasteiger partial charge in [0, 0.05) is 23.7 Å². The predicted octanol–water partition coefficient (Wildman–Crippen LogP) is 1.80. The quantitative estimate of drug-likeness (QED) is 0.495. The van der Waals surface area contributed by atoms with E-state index in [4.69, 9.17) is 5.73 Å². The number of nitrogen functional groups attached to an aromatic ring is 1.